The first-order valence-corrected chi connectivity index (χ1v) is 11.8. The number of para-hydroxylation sites is 1. The van der Waals surface area contributed by atoms with Crippen molar-refractivity contribution >= 4 is 33.9 Å². The van der Waals surface area contributed by atoms with Gasteiger partial charge in [0.2, 0.25) is 0 Å². The predicted octanol–water partition coefficient (Wildman–Crippen LogP) is 5.89. The van der Waals surface area contributed by atoms with Crippen LogP contribution in [0.5, 0.6) is 17.2 Å². The smallest absolute Gasteiger partial charge is 0.340 e. The van der Waals surface area contributed by atoms with Gasteiger partial charge in [-0.05, 0) is 47.0 Å². The van der Waals surface area contributed by atoms with Crippen LogP contribution in [0, 0.1) is 0 Å². The van der Waals surface area contributed by atoms with Crippen LogP contribution in [0.2, 0.25) is 0 Å². The molecule has 1 heterocycles. The standard InChI is InChI=1S/C28H28N4O7/c1-34-15-32-25-20(7-6-8-23(25)37-4)24-18(14-22(30-31-29)28(33)38-5)13-21(27(26(24)32)39-16-35-2)17-9-11-19(36-3)12-10-17/h6-14H,15-16H2,1-5H3/b22-14-. The summed E-state index contributed by atoms with van der Waals surface area (Å²) in [6.45, 7) is 0.143. The Morgan fingerprint density at radius 1 is 1.00 bits per heavy atom. The lowest BCUT2D eigenvalue weighted by Crippen LogP contribution is -2.06. The van der Waals surface area contributed by atoms with Crippen LogP contribution in [0.15, 0.2) is 59.3 Å². The summed E-state index contributed by atoms with van der Waals surface area (Å²) >= 11 is 0. The van der Waals surface area contributed by atoms with Gasteiger partial charge in [0.1, 0.15) is 23.9 Å². The molecular weight excluding hydrogens is 504 g/mol. The Hall–Kier alpha value is -4.70. The minimum absolute atomic E-state index is 0.0226. The molecular formula is C28H28N4O7. The molecule has 0 aliphatic rings. The Kier molecular flexibility index (Phi) is 8.57. The SMILES string of the molecule is COCOc1c(-c2ccc(OC)cc2)cc(/C=C(\N=[N+]=[N-])C(=O)OC)c2c3cccc(OC)c3n(COC)c12. The van der Waals surface area contributed by atoms with Crippen molar-refractivity contribution in [1.29, 1.82) is 0 Å². The lowest BCUT2D eigenvalue weighted by atomic mass is 9.96. The summed E-state index contributed by atoms with van der Waals surface area (Å²) in [6.07, 6.45) is 1.50. The second kappa shape index (κ2) is 12.2. The van der Waals surface area contributed by atoms with Crippen LogP contribution in [-0.2, 0) is 25.7 Å². The molecule has 0 saturated carbocycles. The number of carbonyl (C=O) groups is 1. The van der Waals surface area contributed by atoms with Crippen molar-refractivity contribution in [3.05, 3.63) is 70.2 Å². The summed E-state index contributed by atoms with van der Waals surface area (Å²) < 4.78 is 34.9. The van der Waals surface area contributed by atoms with E-state index in [0.29, 0.717) is 33.9 Å². The first-order valence-electron chi connectivity index (χ1n) is 11.8. The first-order chi connectivity index (χ1) is 19.0. The van der Waals surface area contributed by atoms with Gasteiger partial charge in [-0.2, -0.15) is 0 Å². The van der Waals surface area contributed by atoms with Gasteiger partial charge in [-0.1, -0.05) is 29.4 Å². The molecule has 39 heavy (non-hydrogen) atoms. The highest BCUT2D eigenvalue weighted by Crippen LogP contribution is 2.46. The van der Waals surface area contributed by atoms with Crippen LogP contribution in [0.3, 0.4) is 0 Å². The summed E-state index contributed by atoms with van der Waals surface area (Å²) in [4.78, 5) is 15.3. The Bertz CT molecular complexity index is 1590. The Morgan fingerprint density at radius 2 is 1.77 bits per heavy atom. The molecule has 11 nitrogen and oxygen atoms in total. The lowest BCUT2D eigenvalue weighted by molar-refractivity contribution is -0.136. The molecule has 0 fully saturated rings. The number of methoxy groups -OCH3 is 5. The van der Waals surface area contributed by atoms with E-state index in [4.69, 9.17) is 34.0 Å². The molecule has 4 aromatic rings. The molecule has 0 spiro atoms. The van der Waals surface area contributed by atoms with E-state index < -0.39 is 5.97 Å². The molecule has 0 saturated heterocycles. The zero-order valence-electron chi connectivity index (χ0n) is 22.3. The first kappa shape index (κ1) is 27.3. The summed E-state index contributed by atoms with van der Waals surface area (Å²) in [6, 6.07) is 15.0. The summed E-state index contributed by atoms with van der Waals surface area (Å²) in [5.74, 6) is 1.05. The molecule has 202 valence electrons. The van der Waals surface area contributed by atoms with Crippen LogP contribution >= 0.6 is 0 Å². The van der Waals surface area contributed by atoms with Gasteiger partial charge in [0.25, 0.3) is 0 Å². The van der Waals surface area contributed by atoms with E-state index in [0.717, 1.165) is 21.9 Å². The van der Waals surface area contributed by atoms with E-state index >= 15 is 0 Å². The number of rotatable bonds is 11. The topological polar surface area (TPSA) is 126 Å². The van der Waals surface area contributed by atoms with Crippen molar-refractivity contribution < 1.29 is 33.2 Å². The monoisotopic (exact) mass is 532 g/mol. The molecule has 0 bridgehead atoms. The molecule has 0 radical (unpaired) electrons. The normalized spacial score (nSPS) is 11.4. The third-order valence-electron chi connectivity index (χ3n) is 6.13. The third-order valence-corrected chi connectivity index (χ3v) is 6.13. The van der Waals surface area contributed by atoms with Crippen molar-refractivity contribution in [2.75, 3.05) is 42.3 Å². The van der Waals surface area contributed by atoms with Crippen LogP contribution in [-0.4, -0.2) is 52.9 Å². The molecule has 4 rings (SSSR count). The van der Waals surface area contributed by atoms with Gasteiger partial charge >= 0.3 is 5.97 Å². The van der Waals surface area contributed by atoms with Crippen molar-refractivity contribution in [2.45, 2.75) is 6.73 Å². The molecule has 0 atom stereocenters. The summed E-state index contributed by atoms with van der Waals surface area (Å²) in [7, 11) is 7.54. The lowest BCUT2D eigenvalue weighted by Gasteiger charge is -2.17. The zero-order valence-corrected chi connectivity index (χ0v) is 22.3. The number of ether oxygens (including phenoxy) is 6. The molecule has 11 heteroatoms. The van der Waals surface area contributed by atoms with Gasteiger partial charge in [-0.15, -0.1) is 0 Å². The summed E-state index contributed by atoms with van der Waals surface area (Å²) in [5.41, 5.74) is 12.4. The number of benzene rings is 3. The highest BCUT2D eigenvalue weighted by atomic mass is 16.7. The largest absolute Gasteiger partial charge is 0.497 e. The minimum atomic E-state index is -0.773. The fourth-order valence-corrected chi connectivity index (χ4v) is 4.54. The quantitative estimate of drug-likeness (QED) is 0.0589. The highest BCUT2D eigenvalue weighted by molar-refractivity contribution is 6.17. The van der Waals surface area contributed by atoms with Crippen molar-refractivity contribution in [2.24, 2.45) is 5.11 Å². The number of azide groups is 1. The van der Waals surface area contributed by atoms with E-state index in [2.05, 4.69) is 10.0 Å². The number of esters is 1. The van der Waals surface area contributed by atoms with Crippen LogP contribution in [0.25, 0.3) is 49.5 Å². The van der Waals surface area contributed by atoms with Crippen LogP contribution in [0.1, 0.15) is 5.56 Å². The van der Waals surface area contributed by atoms with E-state index in [1.54, 1.807) is 21.3 Å². The van der Waals surface area contributed by atoms with Gasteiger partial charge in [0.05, 0.1) is 32.4 Å². The number of carbonyl (C=O) groups excluding carboxylic acids is 1. The van der Waals surface area contributed by atoms with E-state index in [-0.39, 0.29) is 19.2 Å². The van der Waals surface area contributed by atoms with Crippen molar-refractivity contribution in [3.63, 3.8) is 0 Å². The van der Waals surface area contributed by atoms with Gasteiger partial charge in [-0.3, -0.25) is 0 Å². The van der Waals surface area contributed by atoms with Gasteiger partial charge in [0.15, 0.2) is 12.5 Å². The molecule has 0 unspecified atom stereocenters. The van der Waals surface area contributed by atoms with Gasteiger partial charge in [0, 0.05) is 35.5 Å². The minimum Gasteiger partial charge on any atom is -0.497 e. The van der Waals surface area contributed by atoms with Gasteiger partial charge in [-0.25, -0.2) is 4.79 Å². The highest BCUT2D eigenvalue weighted by Gasteiger charge is 2.25. The summed E-state index contributed by atoms with van der Waals surface area (Å²) in [5, 5.41) is 5.12. The van der Waals surface area contributed by atoms with Crippen LogP contribution < -0.4 is 14.2 Å². The fraction of sp³-hybridized carbons (Fsp3) is 0.250. The average molecular weight is 533 g/mol. The number of hydrogen-bond acceptors (Lipinski definition) is 8. The Labute approximate surface area is 224 Å². The maximum Gasteiger partial charge on any atom is 0.340 e. The van der Waals surface area contributed by atoms with Crippen molar-refractivity contribution in [1.82, 2.24) is 4.57 Å². The fourth-order valence-electron chi connectivity index (χ4n) is 4.54. The predicted molar refractivity (Wildman–Crippen MR) is 147 cm³/mol. The van der Waals surface area contributed by atoms with Gasteiger partial charge < -0.3 is 33.0 Å². The van der Waals surface area contributed by atoms with Crippen LogP contribution in [0.4, 0.5) is 0 Å². The molecule has 0 aliphatic carbocycles. The molecule has 0 N–H and O–H groups in total. The maximum absolute atomic E-state index is 12.5. The number of fused-ring (bicyclic) bond motifs is 3. The Balaban J connectivity index is 2.25. The van der Waals surface area contributed by atoms with E-state index in [9.17, 15) is 4.79 Å². The van der Waals surface area contributed by atoms with E-state index in [1.165, 1.54) is 20.3 Å². The number of hydrogen-bond donors (Lipinski definition) is 0. The number of aromatic nitrogens is 1. The molecule has 1 aromatic heterocycles. The second-order valence-electron chi connectivity index (χ2n) is 8.26. The third kappa shape index (κ3) is 5.19. The van der Waals surface area contributed by atoms with E-state index in [1.807, 2.05) is 53.1 Å². The van der Waals surface area contributed by atoms with Crippen molar-refractivity contribution in [3.8, 4) is 28.4 Å². The average Bonchev–Trinajstić information content (AvgIpc) is 3.30. The zero-order chi connectivity index (χ0) is 27.9. The second-order valence-corrected chi connectivity index (χ2v) is 8.26. The molecule has 3 aromatic carbocycles. The molecule has 0 amide bonds. The Morgan fingerprint density at radius 3 is 2.38 bits per heavy atom. The maximum atomic E-state index is 12.5. The molecule has 0 aliphatic heterocycles. The number of nitrogens with zero attached hydrogens (tertiary/aromatic N) is 4.